The van der Waals surface area contributed by atoms with Gasteiger partial charge < -0.3 is 16.4 Å². The van der Waals surface area contributed by atoms with Gasteiger partial charge in [-0.25, -0.2) is 15.0 Å². The second kappa shape index (κ2) is 8.11. The van der Waals surface area contributed by atoms with Gasteiger partial charge in [0, 0.05) is 55.0 Å². The fourth-order valence-corrected chi connectivity index (χ4v) is 6.58. The Morgan fingerprint density at radius 2 is 1.97 bits per heavy atom. The topological polar surface area (TPSA) is 111 Å². The van der Waals surface area contributed by atoms with Gasteiger partial charge in [0.05, 0.1) is 15.6 Å². The second-order valence-electron chi connectivity index (χ2n) is 9.14. The zero-order valence-corrected chi connectivity index (χ0v) is 20.4. The summed E-state index contributed by atoms with van der Waals surface area (Å²) < 4.78 is 2.07. The molecule has 10 heteroatoms. The highest BCUT2D eigenvalue weighted by atomic mass is 35.5. The Labute approximate surface area is 206 Å². The van der Waals surface area contributed by atoms with Gasteiger partial charge in [0.15, 0.2) is 5.65 Å². The SMILES string of the molecule is Cc1nc(N2CCC3(CC2)Cc2cnccc2[C@H]3N)n2ccnc2c1Sc1ccnc(N)c1Cl. The third kappa shape index (κ3) is 3.33. The molecule has 1 aliphatic heterocycles. The van der Waals surface area contributed by atoms with E-state index in [4.69, 9.17) is 28.1 Å². The third-order valence-electron chi connectivity index (χ3n) is 7.27. The van der Waals surface area contributed by atoms with E-state index in [-0.39, 0.29) is 11.5 Å². The van der Waals surface area contributed by atoms with Gasteiger partial charge in [-0.1, -0.05) is 23.4 Å². The van der Waals surface area contributed by atoms with E-state index < -0.39 is 0 Å². The molecule has 6 rings (SSSR count). The van der Waals surface area contributed by atoms with E-state index >= 15 is 0 Å². The van der Waals surface area contributed by atoms with E-state index in [0.717, 1.165) is 59.4 Å². The summed E-state index contributed by atoms with van der Waals surface area (Å²) in [6, 6.07) is 4.01. The highest BCUT2D eigenvalue weighted by Gasteiger charge is 2.46. The molecule has 0 aromatic carbocycles. The quantitative estimate of drug-likeness (QED) is 0.440. The first-order valence-electron chi connectivity index (χ1n) is 11.3. The molecule has 5 heterocycles. The van der Waals surface area contributed by atoms with Crippen LogP contribution >= 0.6 is 23.4 Å². The maximum atomic E-state index is 6.75. The molecule has 174 valence electrons. The van der Waals surface area contributed by atoms with Crippen molar-refractivity contribution in [3.05, 3.63) is 65.0 Å². The molecule has 2 aliphatic rings. The first kappa shape index (κ1) is 21.6. The van der Waals surface area contributed by atoms with Crippen molar-refractivity contribution in [2.24, 2.45) is 11.1 Å². The fourth-order valence-electron chi connectivity index (χ4n) is 5.37. The zero-order valence-electron chi connectivity index (χ0n) is 18.8. The van der Waals surface area contributed by atoms with Gasteiger partial charge in [0.2, 0.25) is 5.95 Å². The maximum absolute atomic E-state index is 6.75. The van der Waals surface area contributed by atoms with Crippen molar-refractivity contribution in [3.63, 3.8) is 0 Å². The lowest BCUT2D eigenvalue weighted by Crippen LogP contribution is -2.45. The van der Waals surface area contributed by atoms with E-state index in [2.05, 4.69) is 30.3 Å². The maximum Gasteiger partial charge on any atom is 0.211 e. The number of imidazole rings is 1. The highest BCUT2D eigenvalue weighted by molar-refractivity contribution is 7.99. The average Bonchev–Trinajstić information content (AvgIpc) is 3.43. The Hall–Kier alpha value is -2.88. The summed E-state index contributed by atoms with van der Waals surface area (Å²) in [5.74, 6) is 1.23. The Bertz CT molecular complexity index is 1400. The predicted octanol–water partition coefficient (Wildman–Crippen LogP) is 4.06. The summed E-state index contributed by atoms with van der Waals surface area (Å²) in [6.45, 7) is 3.81. The van der Waals surface area contributed by atoms with Crippen LogP contribution in [0.1, 0.15) is 35.7 Å². The summed E-state index contributed by atoms with van der Waals surface area (Å²) in [6.07, 6.45) is 12.3. The van der Waals surface area contributed by atoms with Crippen LogP contribution in [0.15, 0.2) is 52.9 Å². The number of nitrogens with zero attached hydrogens (tertiary/aromatic N) is 6. The van der Waals surface area contributed by atoms with Crippen molar-refractivity contribution in [3.8, 4) is 0 Å². The van der Waals surface area contributed by atoms with Crippen molar-refractivity contribution in [1.29, 1.82) is 0 Å². The van der Waals surface area contributed by atoms with E-state index in [1.807, 2.05) is 37.8 Å². The summed E-state index contributed by atoms with van der Waals surface area (Å²) in [5.41, 5.74) is 17.1. The van der Waals surface area contributed by atoms with Gasteiger partial charge in [-0.3, -0.25) is 9.38 Å². The molecule has 4 N–H and O–H groups in total. The number of nitrogens with two attached hydrogens (primary N) is 2. The van der Waals surface area contributed by atoms with Crippen LogP contribution in [0.2, 0.25) is 5.02 Å². The summed E-state index contributed by atoms with van der Waals surface area (Å²) in [7, 11) is 0. The van der Waals surface area contributed by atoms with Gasteiger partial charge in [-0.2, -0.15) is 0 Å². The molecule has 1 saturated heterocycles. The third-order valence-corrected chi connectivity index (χ3v) is 9.02. The van der Waals surface area contributed by atoms with Crippen LogP contribution < -0.4 is 16.4 Å². The number of fused-ring (bicyclic) bond motifs is 2. The summed E-state index contributed by atoms with van der Waals surface area (Å²) >= 11 is 7.91. The number of rotatable bonds is 3. The van der Waals surface area contributed by atoms with E-state index in [1.165, 1.54) is 22.9 Å². The van der Waals surface area contributed by atoms with Crippen LogP contribution in [0.4, 0.5) is 11.8 Å². The minimum atomic E-state index is 0.0620. The number of halogens is 1. The number of aromatic nitrogens is 5. The molecule has 0 saturated carbocycles. The van der Waals surface area contributed by atoms with Gasteiger partial charge in [-0.05, 0) is 54.9 Å². The zero-order chi connectivity index (χ0) is 23.4. The van der Waals surface area contributed by atoms with Crippen LogP contribution in [-0.4, -0.2) is 37.4 Å². The number of hydrogen-bond acceptors (Lipinski definition) is 8. The number of nitrogen functional groups attached to an aromatic ring is 1. The Morgan fingerprint density at radius 1 is 1.15 bits per heavy atom. The van der Waals surface area contributed by atoms with Gasteiger partial charge in [-0.15, -0.1) is 0 Å². The first-order valence-corrected chi connectivity index (χ1v) is 12.5. The molecule has 0 amide bonds. The molecule has 1 aliphatic carbocycles. The lowest BCUT2D eigenvalue weighted by atomic mass is 9.73. The first-order chi connectivity index (χ1) is 16.5. The number of pyridine rings is 2. The second-order valence-corrected chi connectivity index (χ2v) is 10.6. The molecule has 8 nitrogen and oxygen atoms in total. The lowest BCUT2D eigenvalue weighted by Gasteiger charge is -2.42. The smallest absolute Gasteiger partial charge is 0.211 e. The van der Waals surface area contributed by atoms with Crippen molar-refractivity contribution in [2.75, 3.05) is 23.7 Å². The molecule has 0 unspecified atom stereocenters. The monoisotopic (exact) mass is 492 g/mol. The van der Waals surface area contributed by atoms with Crippen molar-refractivity contribution in [1.82, 2.24) is 24.3 Å². The molecule has 0 bridgehead atoms. The molecule has 1 spiro atoms. The van der Waals surface area contributed by atoms with Crippen molar-refractivity contribution < 1.29 is 0 Å². The van der Waals surface area contributed by atoms with Crippen LogP contribution in [0, 0.1) is 12.3 Å². The fraction of sp³-hybridized carbons (Fsp3) is 0.333. The van der Waals surface area contributed by atoms with E-state index in [9.17, 15) is 0 Å². The Kier molecular flexibility index (Phi) is 5.16. The molecular formula is C24H25ClN8S. The minimum Gasteiger partial charge on any atom is -0.382 e. The predicted molar refractivity (Wildman–Crippen MR) is 134 cm³/mol. The Balaban J connectivity index is 1.29. The van der Waals surface area contributed by atoms with Gasteiger partial charge in [0.25, 0.3) is 0 Å². The number of aryl methyl sites for hydroxylation is 1. The normalized spacial score (nSPS) is 19.1. The summed E-state index contributed by atoms with van der Waals surface area (Å²) in [4.78, 5) is 22.2. The van der Waals surface area contributed by atoms with Crippen LogP contribution in [-0.2, 0) is 6.42 Å². The molecule has 1 fully saturated rings. The standard InChI is InChI=1S/C24H25ClN8S/c1-14-19(34-17-3-7-29-21(27)18(17)25)22-30-8-11-33(22)23(31-14)32-9-4-24(5-10-32)12-15-13-28-6-2-16(15)20(24)26/h2-3,6-8,11,13,20H,4-5,9-10,12,26H2,1H3,(H2,27,29)/t20-/m1/s1. The van der Waals surface area contributed by atoms with E-state index in [1.54, 1.807) is 6.20 Å². The number of anilines is 2. The highest BCUT2D eigenvalue weighted by Crippen LogP contribution is 2.51. The molecule has 4 aromatic heterocycles. The number of hydrogen-bond donors (Lipinski definition) is 2. The van der Waals surface area contributed by atoms with Crippen LogP contribution in [0.5, 0.6) is 0 Å². The van der Waals surface area contributed by atoms with E-state index in [0.29, 0.717) is 10.8 Å². The summed E-state index contributed by atoms with van der Waals surface area (Å²) in [5, 5.41) is 0.450. The molecule has 0 radical (unpaired) electrons. The Morgan fingerprint density at radius 3 is 2.76 bits per heavy atom. The molecule has 34 heavy (non-hydrogen) atoms. The molecule has 4 aromatic rings. The van der Waals surface area contributed by atoms with Crippen LogP contribution in [0.25, 0.3) is 5.65 Å². The minimum absolute atomic E-state index is 0.0620. The van der Waals surface area contributed by atoms with Crippen molar-refractivity contribution >= 4 is 40.8 Å². The largest absolute Gasteiger partial charge is 0.382 e. The van der Waals surface area contributed by atoms with Gasteiger partial charge in [0.1, 0.15) is 5.82 Å². The van der Waals surface area contributed by atoms with Crippen LogP contribution in [0.3, 0.4) is 0 Å². The number of piperidine rings is 1. The van der Waals surface area contributed by atoms with Crippen molar-refractivity contribution in [2.45, 2.75) is 42.0 Å². The van der Waals surface area contributed by atoms with Gasteiger partial charge >= 0.3 is 0 Å². The molecule has 1 atom stereocenters. The molecular weight excluding hydrogens is 468 g/mol. The lowest BCUT2D eigenvalue weighted by molar-refractivity contribution is 0.186. The average molecular weight is 493 g/mol.